The predicted octanol–water partition coefficient (Wildman–Crippen LogP) is 3.78. The maximum atomic E-state index is 13.0. The zero-order valence-electron chi connectivity index (χ0n) is 15.1. The van der Waals surface area contributed by atoms with Crippen molar-refractivity contribution in [1.82, 2.24) is 5.32 Å². The molecule has 1 atom stereocenters. The van der Waals surface area contributed by atoms with Crippen LogP contribution in [0.4, 0.5) is 4.39 Å². The highest BCUT2D eigenvalue weighted by Crippen LogP contribution is 2.23. The van der Waals surface area contributed by atoms with Crippen LogP contribution in [0.3, 0.4) is 0 Å². The van der Waals surface area contributed by atoms with Gasteiger partial charge in [-0.1, -0.05) is 36.0 Å². The number of amides is 1. The van der Waals surface area contributed by atoms with E-state index in [9.17, 15) is 9.18 Å². The topological polar surface area (TPSA) is 63.1 Å². The van der Waals surface area contributed by atoms with Gasteiger partial charge in [0.15, 0.2) is 5.17 Å². The van der Waals surface area contributed by atoms with Crippen molar-refractivity contribution < 1.29 is 13.9 Å². The Balaban J connectivity index is 1.64. The number of halogens is 1. The molecule has 0 spiro atoms. The average Bonchev–Trinajstić information content (AvgIpc) is 2.97. The van der Waals surface area contributed by atoms with Crippen LogP contribution in [0.2, 0.25) is 0 Å². The molecule has 1 saturated heterocycles. The smallest absolute Gasteiger partial charge is 0.239 e. The molecule has 2 aromatic carbocycles. The first-order valence-corrected chi connectivity index (χ1v) is 9.48. The fourth-order valence-electron chi connectivity index (χ4n) is 2.51. The van der Waals surface area contributed by atoms with E-state index in [1.54, 1.807) is 18.3 Å². The molecular formula is C20H20FN3O2S. The van der Waals surface area contributed by atoms with Crippen LogP contribution in [0, 0.1) is 5.82 Å². The molecule has 0 aliphatic carbocycles. The molecular weight excluding hydrogens is 365 g/mol. The van der Waals surface area contributed by atoms with Crippen LogP contribution in [-0.4, -0.2) is 28.6 Å². The normalized spacial score (nSPS) is 18.4. The van der Waals surface area contributed by atoms with Gasteiger partial charge in [-0.25, -0.2) is 4.39 Å². The summed E-state index contributed by atoms with van der Waals surface area (Å²) in [5.41, 5.74) is 1.71. The van der Waals surface area contributed by atoms with Crippen LogP contribution in [0.1, 0.15) is 25.0 Å². The number of benzene rings is 2. The van der Waals surface area contributed by atoms with E-state index in [2.05, 4.69) is 15.5 Å². The summed E-state index contributed by atoms with van der Waals surface area (Å²) in [7, 11) is 0. The van der Waals surface area contributed by atoms with Gasteiger partial charge in [-0.05, 0) is 50.1 Å². The lowest BCUT2D eigenvalue weighted by Crippen LogP contribution is -2.25. The maximum Gasteiger partial charge on any atom is 0.239 e. The third kappa shape index (κ3) is 5.40. The standard InChI is InChI=1S/C20H20FN3O2S/c1-13(2)26-17-6-4-3-5-15(17)12-22-24-20-23-19(25)18(27-20)11-14-7-9-16(21)10-8-14/h3-10,12-13,18H,11H2,1-2H3,(H,23,24,25). The highest BCUT2D eigenvalue weighted by Gasteiger charge is 2.30. The molecule has 140 valence electrons. The first kappa shape index (κ1) is 19.1. The monoisotopic (exact) mass is 385 g/mol. The molecule has 1 amide bonds. The molecule has 27 heavy (non-hydrogen) atoms. The van der Waals surface area contributed by atoms with Crippen LogP contribution in [0.25, 0.3) is 0 Å². The molecule has 5 nitrogen and oxygen atoms in total. The number of carbonyl (C=O) groups is 1. The zero-order chi connectivity index (χ0) is 19.2. The van der Waals surface area contributed by atoms with Crippen molar-refractivity contribution in [2.24, 2.45) is 10.2 Å². The molecule has 1 fully saturated rings. The second kappa shape index (κ2) is 8.81. The van der Waals surface area contributed by atoms with Gasteiger partial charge in [0.05, 0.1) is 17.6 Å². The van der Waals surface area contributed by atoms with Crippen molar-refractivity contribution in [3.05, 3.63) is 65.5 Å². The summed E-state index contributed by atoms with van der Waals surface area (Å²) in [5.74, 6) is 0.316. The van der Waals surface area contributed by atoms with E-state index < -0.39 is 0 Å². The number of rotatable bonds is 6. The Morgan fingerprint density at radius 2 is 1.96 bits per heavy atom. The lowest BCUT2D eigenvalue weighted by atomic mass is 10.1. The van der Waals surface area contributed by atoms with Gasteiger partial charge in [-0.3, -0.25) is 4.79 Å². The molecule has 0 bridgehead atoms. The van der Waals surface area contributed by atoms with E-state index in [0.29, 0.717) is 11.6 Å². The van der Waals surface area contributed by atoms with Crippen molar-refractivity contribution in [1.29, 1.82) is 0 Å². The zero-order valence-corrected chi connectivity index (χ0v) is 15.9. The lowest BCUT2D eigenvalue weighted by Gasteiger charge is -2.11. The molecule has 1 aliphatic heterocycles. The summed E-state index contributed by atoms with van der Waals surface area (Å²) in [6, 6.07) is 13.7. The number of thioether (sulfide) groups is 1. The minimum absolute atomic E-state index is 0.0581. The number of para-hydroxylation sites is 1. The third-order valence-corrected chi connectivity index (χ3v) is 4.81. The van der Waals surface area contributed by atoms with Gasteiger partial charge in [0.1, 0.15) is 11.6 Å². The number of nitrogens with zero attached hydrogens (tertiary/aromatic N) is 2. The summed E-state index contributed by atoms with van der Waals surface area (Å²) in [6.45, 7) is 3.92. The van der Waals surface area contributed by atoms with Gasteiger partial charge in [0.25, 0.3) is 0 Å². The summed E-state index contributed by atoms with van der Waals surface area (Å²) in [6.07, 6.45) is 2.16. The van der Waals surface area contributed by atoms with Crippen LogP contribution < -0.4 is 10.1 Å². The average molecular weight is 385 g/mol. The number of ether oxygens (including phenoxy) is 1. The highest BCUT2D eigenvalue weighted by atomic mass is 32.2. The van der Waals surface area contributed by atoms with E-state index in [-0.39, 0.29) is 23.1 Å². The van der Waals surface area contributed by atoms with E-state index in [4.69, 9.17) is 4.74 Å². The van der Waals surface area contributed by atoms with Crippen LogP contribution >= 0.6 is 11.8 Å². The summed E-state index contributed by atoms with van der Waals surface area (Å²) in [4.78, 5) is 12.1. The summed E-state index contributed by atoms with van der Waals surface area (Å²) in [5, 5.41) is 11.0. The molecule has 0 radical (unpaired) electrons. The Labute approximate surface area is 161 Å². The van der Waals surface area contributed by atoms with Gasteiger partial charge < -0.3 is 10.1 Å². The van der Waals surface area contributed by atoms with E-state index >= 15 is 0 Å². The van der Waals surface area contributed by atoms with E-state index in [1.807, 2.05) is 38.1 Å². The molecule has 1 unspecified atom stereocenters. The van der Waals surface area contributed by atoms with Crippen molar-refractivity contribution in [2.45, 2.75) is 31.6 Å². The van der Waals surface area contributed by atoms with Gasteiger partial charge in [-0.2, -0.15) is 5.10 Å². The Kier molecular flexibility index (Phi) is 6.24. The van der Waals surface area contributed by atoms with Crippen molar-refractivity contribution in [3.8, 4) is 5.75 Å². The number of nitrogens with one attached hydrogen (secondary N) is 1. The fourth-order valence-corrected chi connectivity index (χ4v) is 3.48. The number of hydrogen-bond donors (Lipinski definition) is 1. The Morgan fingerprint density at radius 3 is 2.70 bits per heavy atom. The minimum atomic E-state index is -0.305. The molecule has 0 saturated carbocycles. The second-order valence-electron chi connectivity index (χ2n) is 6.28. The molecule has 3 rings (SSSR count). The molecule has 2 aromatic rings. The van der Waals surface area contributed by atoms with Crippen LogP contribution in [0.15, 0.2) is 58.7 Å². The van der Waals surface area contributed by atoms with Crippen molar-refractivity contribution >= 4 is 29.1 Å². The molecule has 1 heterocycles. The quantitative estimate of drug-likeness (QED) is 0.608. The lowest BCUT2D eigenvalue weighted by molar-refractivity contribution is -0.118. The molecule has 1 aliphatic rings. The maximum absolute atomic E-state index is 13.0. The molecule has 0 aromatic heterocycles. The van der Waals surface area contributed by atoms with Crippen molar-refractivity contribution in [3.63, 3.8) is 0 Å². The SMILES string of the molecule is CC(C)Oc1ccccc1C=NN=C1NC(=O)C(Cc2ccc(F)cc2)S1. The van der Waals surface area contributed by atoms with Crippen LogP contribution in [-0.2, 0) is 11.2 Å². The molecule has 1 N–H and O–H groups in total. The highest BCUT2D eigenvalue weighted by molar-refractivity contribution is 8.15. The van der Waals surface area contributed by atoms with E-state index in [0.717, 1.165) is 16.9 Å². The van der Waals surface area contributed by atoms with Gasteiger partial charge in [0, 0.05) is 5.56 Å². The second-order valence-corrected chi connectivity index (χ2v) is 7.47. The predicted molar refractivity (Wildman–Crippen MR) is 107 cm³/mol. The first-order valence-electron chi connectivity index (χ1n) is 8.60. The Bertz CT molecular complexity index is 866. The van der Waals surface area contributed by atoms with Gasteiger partial charge in [0.2, 0.25) is 5.91 Å². The fraction of sp³-hybridized carbons (Fsp3) is 0.250. The summed E-state index contributed by atoms with van der Waals surface area (Å²) < 4.78 is 18.7. The molecule has 7 heteroatoms. The van der Waals surface area contributed by atoms with E-state index in [1.165, 1.54) is 23.9 Å². The number of hydrogen-bond acceptors (Lipinski definition) is 5. The number of carbonyl (C=O) groups excluding carboxylic acids is 1. The minimum Gasteiger partial charge on any atom is -0.490 e. The van der Waals surface area contributed by atoms with Gasteiger partial charge in [-0.15, -0.1) is 5.10 Å². The van der Waals surface area contributed by atoms with Crippen molar-refractivity contribution in [2.75, 3.05) is 0 Å². The number of amidine groups is 1. The van der Waals surface area contributed by atoms with Gasteiger partial charge >= 0.3 is 0 Å². The Morgan fingerprint density at radius 1 is 1.22 bits per heavy atom. The van der Waals surface area contributed by atoms with Crippen LogP contribution in [0.5, 0.6) is 5.75 Å². The first-order chi connectivity index (χ1) is 13.0. The Hall–Kier alpha value is -2.67. The third-order valence-electron chi connectivity index (χ3n) is 3.74. The largest absolute Gasteiger partial charge is 0.490 e. The summed E-state index contributed by atoms with van der Waals surface area (Å²) >= 11 is 1.32.